The normalized spacial score (nSPS) is 21.9. The monoisotopic (exact) mass is 280 g/mol. The van der Waals surface area contributed by atoms with Crippen LogP contribution >= 0.6 is 0 Å². The Balaban J connectivity index is 1.93. The quantitative estimate of drug-likeness (QED) is 0.867. The highest BCUT2D eigenvalue weighted by atomic mass is 19.1. The third-order valence-corrected chi connectivity index (χ3v) is 4.13. The van der Waals surface area contributed by atoms with Crippen LogP contribution in [0, 0.1) is 5.82 Å². The van der Waals surface area contributed by atoms with Crippen molar-refractivity contribution in [3.05, 3.63) is 35.6 Å². The highest BCUT2D eigenvalue weighted by Crippen LogP contribution is 2.19. The molecule has 3 nitrogen and oxygen atoms in total. The maximum absolute atomic E-state index is 13.3. The second-order valence-electron chi connectivity index (χ2n) is 5.36. The SMILES string of the molecule is CCC1COCCN1CCC(NC)c1cccc(F)c1. The number of morpholine rings is 1. The Hall–Kier alpha value is -0.970. The van der Waals surface area contributed by atoms with E-state index in [4.69, 9.17) is 4.74 Å². The van der Waals surface area contributed by atoms with Gasteiger partial charge in [-0.15, -0.1) is 0 Å². The van der Waals surface area contributed by atoms with Crippen molar-refractivity contribution in [3.8, 4) is 0 Å². The molecule has 0 amide bonds. The molecule has 1 aliphatic heterocycles. The van der Waals surface area contributed by atoms with E-state index in [1.807, 2.05) is 13.1 Å². The molecule has 0 aliphatic carbocycles. The summed E-state index contributed by atoms with van der Waals surface area (Å²) in [5.41, 5.74) is 1.02. The molecule has 0 saturated carbocycles. The fraction of sp³-hybridized carbons (Fsp3) is 0.625. The zero-order valence-electron chi connectivity index (χ0n) is 12.4. The van der Waals surface area contributed by atoms with Crippen molar-refractivity contribution in [2.75, 3.05) is 33.4 Å². The van der Waals surface area contributed by atoms with Crippen LogP contribution in [0.3, 0.4) is 0 Å². The van der Waals surface area contributed by atoms with Gasteiger partial charge in [-0.2, -0.15) is 0 Å². The summed E-state index contributed by atoms with van der Waals surface area (Å²) in [4.78, 5) is 2.49. The van der Waals surface area contributed by atoms with Gasteiger partial charge in [0.25, 0.3) is 0 Å². The first-order valence-corrected chi connectivity index (χ1v) is 7.49. The van der Waals surface area contributed by atoms with Crippen LogP contribution in [0.4, 0.5) is 4.39 Å². The van der Waals surface area contributed by atoms with Gasteiger partial charge in [0, 0.05) is 25.2 Å². The molecule has 2 rings (SSSR count). The fourth-order valence-corrected chi connectivity index (χ4v) is 2.86. The van der Waals surface area contributed by atoms with E-state index in [1.165, 1.54) is 6.07 Å². The van der Waals surface area contributed by atoms with E-state index in [9.17, 15) is 4.39 Å². The van der Waals surface area contributed by atoms with Crippen LogP contribution in [0.2, 0.25) is 0 Å². The van der Waals surface area contributed by atoms with E-state index >= 15 is 0 Å². The predicted molar refractivity (Wildman–Crippen MR) is 79.3 cm³/mol. The van der Waals surface area contributed by atoms with Crippen LogP contribution in [0.25, 0.3) is 0 Å². The smallest absolute Gasteiger partial charge is 0.123 e. The minimum absolute atomic E-state index is 0.166. The Morgan fingerprint density at radius 2 is 2.35 bits per heavy atom. The second kappa shape index (κ2) is 7.72. The number of nitrogens with one attached hydrogen (secondary N) is 1. The van der Waals surface area contributed by atoms with Gasteiger partial charge in [0.2, 0.25) is 0 Å². The lowest BCUT2D eigenvalue weighted by Crippen LogP contribution is -2.46. The first kappa shape index (κ1) is 15.4. The molecule has 1 saturated heterocycles. The molecule has 1 aromatic carbocycles. The van der Waals surface area contributed by atoms with Gasteiger partial charge in [0.15, 0.2) is 0 Å². The third kappa shape index (κ3) is 4.01. The fourth-order valence-electron chi connectivity index (χ4n) is 2.86. The number of hydrogen-bond acceptors (Lipinski definition) is 3. The molecule has 0 bridgehead atoms. The van der Waals surface area contributed by atoms with Crippen LogP contribution in [-0.2, 0) is 4.74 Å². The minimum Gasteiger partial charge on any atom is -0.378 e. The van der Waals surface area contributed by atoms with E-state index in [0.717, 1.165) is 44.7 Å². The van der Waals surface area contributed by atoms with Crippen molar-refractivity contribution in [2.24, 2.45) is 0 Å². The van der Waals surface area contributed by atoms with Crippen LogP contribution in [-0.4, -0.2) is 44.3 Å². The molecular formula is C16H25FN2O. The predicted octanol–water partition coefficient (Wildman–Crippen LogP) is 2.59. The maximum atomic E-state index is 13.3. The molecule has 20 heavy (non-hydrogen) atoms. The minimum atomic E-state index is -0.166. The zero-order chi connectivity index (χ0) is 14.4. The molecule has 1 heterocycles. The summed E-state index contributed by atoms with van der Waals surface area (Å²) in [6, 6.07) is 7.60. The van der Waals surface area contributed by atoms with Crippen molar-refractivity contribution in [1.29, 1.82) is 0 Å². The average Bonchev–Trinajstić information content (AvgIpc) is 2.48. The molecule has 1 aromatic rings. The summed E-state index contributed by atoms with van der Waals surface area (Å²) in [5.74, 6) is -0.166. The summed E-state index contributed by atoms with van der Waals surface area (Å²) in [6.45, 7) is 5.87. The molecule has 1 aliphatic rings. The van der Waals surface area contributed by atoms with Crippen LogP contribution in [0.15, 0.2) is 24.3 Å². The van der Waals surface area contributed by atoms with Crippen molar-refractivity contribution in [3.63, 3.8) is 0 Å². The molecule has 1 N–H and O–H groups in total. The van der Waals surface area contributed by atoms with Crippen molar-refractivity contribution in [2.45, 2.75) is 31.8 Å². The number of hydrogen-bond donors (Lipinski definition) is 1. The van der Waals surface area contributed by atoms with Crippen molar-refractivity contribution >= 4 is 0 Å². The number of ether oxygens (including phenoxy) is 1. The zero-order valence-corrected chi connectivity index (χ0v) is 12.4. The molecule has 0 radical (unpaired) electrons. The van der Waals surface area contributed by atoms with Gasteiger partial charge in [0.05, 0.1) is 13.2 Å². The van der Waals surface area contributed by atoms with E-state index in [-0.39, 0.29) is 11.9 Å². The standard InChI is InChI=1S/C16H25FN2O/c1-3-15-12-20-10-9-19(15)8-7-16(18-2)13-5-4-6-14(17)11-13/h4-6,11,15-16,18H,3,7-10,12H2,1-2H3. The Labute approximate surface area is 121 Å². The molecule has 4 heteroatoms. The molecule has 0 spiro atoms. The molecular weight excluding hydrogens is 255 g/mol. The van der Waals surface area contributed by atoms with Gasteiger partial charge in [-0.3, -0.25) is 4.90 Å². The van der Waals surface area contributed by atoms with Crippen LogP contribution in [0.5, 0.6) is 0 Å². The second-order valence-corrected chi connectivity index (χ2v) is 5.36. The Morgan fingerprint density at radius 3 is 3.05 bits per heavy atom. The van der Waals surface area contributed by atoms with E-state index in [2.05, 4.69) is 17.1 Å². The molecule has 2 atom stereocenters. The molecule has 2 unspecified atom stereocenters. The van der Waals surface area contributed by atoms with Crippen LogP contribution < -0.4 is 5.32 Å². The Bertz CT molecular complexity index is 413. The average molecular weight is 280 g/mol. The largest absolute Gasteiger partial charge is 0.378 e. The topological polar surface area (TPSA) is 24.5 Å². The van der Waals surface area contributed by atoms with E-state index in [1.54, 1.807) is 12.1 Å². The number of halogens is 1. The maximum Gasteiger partial charge on any atom is 0.123 e. The number of benzene rings is 1. The Kier molecular flexibility index (Phi) is 5.95. The van der Waals surface area contributed by atoms with E-state index < -0.39 is 0 Å². The lowest BCUT2D eigenvalue weighted by atomic mass is 10.0. The van der Waals surface area contributed by atoms with Crippen LogP contribution in [0.1, 0.15) is 31.4 Å². The number of nitrogens with zero attached hydrogens (tertiary/aromatic N) is 1. The highest BCUT2D eigenvalue weighted by Gasteiger charge is 2.22. The molecule has 112 valence electrons. The van der Waals surface area contributed by atoms with E-state index in [0.29, 0.717) is 6.04 Å². The van der Waals surface area contributed by atoms with Crippen molar-refractivity contribution in [1.82, 2.24) is 10.2 Å². The molecule has 0 aromatic heterocycles. The lowest BCUT2D eigenvalue weighted by molar-refractivity contribution is -0.00997. The highest BCUT2D eigenvalue weighted by molar-refractivity contribution is 5.20. The lowest BCUT2D eigenvalue weighted by Gasteiger charge is -2.35. The third-order valence-electron chi connectivity index (χ3n) is 4.13. The number of rotatable bonds is 6. The first-order chi connectivity index (χ1) is 9.74. The summed E-state index contributed by atoms with van der Waals surface area (Å²) in [6.07, 6.45) is 2.10. The summed E-state index contributed by atoms with van der Waals surface area (Å²) >= 11 is 0. The molecule has 1 fully saturated rings. The Morgan fingerprint density at radius 1 is 1.50 bits per heavy atom. The van der Waals surface area contributed by atoms with Gasteiger partial charge in [-0.25, -0.2) is 4.39 Å². The van der Waals surface area contributed by atoms with Gasteiger partial charge < -0.3 is 10.1 Å². The summed E-state index contributed by atoms with van der Waals surface area (Å²) in [7, 11) is 1.94. The van der Waals surface area contributed by atoms with Gasteiger partial charge in [-0.05, 0) is 37.6 Å². The van der Waals surface area contributed by atoms with Gasteiger partial charge >= 0.3 is 0 Å². The van der Waals surface area contributed by atoms with Gasteiger partial charge in [0.1, 0.15) is 5.82 Å². The van der Waals surface area contributed by atoms with Gasteiger partial charge in [-0.1, -0.05) is 19.1 Å². The summed E-state index contributed by atoms with van der Waals surface area (Å²) in [5, 5.41) is 3.29. The summed E-state index contributed by atoms with van der Waals surface area (Å²) < 4.78 is 18.9. The first-order valence-electron chi connectivity index (χ1n) is 7.49. The van der Waals surface area contributed by atoms with Crippen molar-refractivity contribution < 1.29 is 9.13 Å².